The Morgan fingerprint density at radius 1 is 1.35 bits per heavy atom. The van der Waals surface area contributed by atoms with Crippen molar-refractivity contribution < 1.29 is 14.2 Å². The fourth-order valence-electron chi connectivity index (χ4n) is 1.69. The Morgan fingerprint density at radius 3 is 2.65 bits per heavy atom. The van der Waals surface area contributed by atoms with E-state index in [-0.39, 0.29) is 11.4 Å². The van der Waals surface area contributed by atoms with Crippen LogP contribution in [0.2, 0.25) is 0 Å². The molecule has 0 unspecified atom stereocenters. The third kappa shape index (κ3) is 5.15. The number of hydrogen-bond donors (Lipinski definition) is 2. The molecule has 0 aromatic heterocycles. The molecule has 0 aliphatic rings. The molecular formula is C13H20FNO2. The molecule has 1 aromatic carbocycles. The van der Waals surface area contributed by atoms with E-state index in [0.717, 1.165) is 11.6 Å². The molecule has 0 heterocycles. The molecule has 96 valence electrons. The first kappa shape index (κ1) is 13.9. The van der Waals surface area contributed by atoms with Crippen LogP contribution in [0.4, 0.5) is 4.39 Å². The second-order valence-electron chi connectivity index (χ2n) is 4.61. The molecule has 4 heteroatoms. The number of aromatic hydroxyl groups is 1. The van der Waals surface area contributed by atoms with Crippen LogP contribution in [0.25, 0.3) is 0 Å². The van der Waals surface area contributed by atoms with E-state index in [2.05, 4.69) is 5.32 Å². The Kier molecular flexibility index (Phi) is 4.90. The molecule has 0 fully saturated rings. The van der Waals surface area contributed by atoms with Crippen molar-refractivity contribution in [2.75, 3.05) is 13.2 Å². The highest BCUT2D eigenvalue weighted by Crippen LogP contribution is 2.14. The van der Waals surface area contributed by atoms with Crippen LogP contribution in [0.3, 0.4) is 0 Å². The first-order valence-electron chi connectivity index (χ1n) is 5.76. The summed E-state index contributed by atoms with van der Waals surface area (Å²) in [4.78, 5) is 0. The summed E-state index contributed by atoms with van der Waals surface area (Å²) in [7, 11) is 0. The lowest BCUT2D eigenvalue weighted by molar-refractivity contribution is -0.00897. The minimum absolute atomic E-state index is 0.0501. The van der Waals surface area contributed by atoms with Gasteiger partial charge in [0.2, 0.25) is 0 Å². The first-order valence-corrected chi connectivity index (χ1v) is 5.76. The van der Waals surface area contributed by atoms with Gasteiger partial charge in [-0.15, -0.1) is 0 Å². The van der Waals surface area contributed by atoms with Gasteiger partial charge in [-0.2, -0.15) is 0 Å². The topological polar surface area (TPSA) is 41.5 Å². The van der Waals surface area contributed by atoms with Crippen LogP contribution in [0.1, 0.15) is 26.3 Å². The number of phenolic OH excluding ortho intramolecular Hbond substituents is 1. The third-order valence-corrected chi connectivity index (χ3v) is 2.36. The minimum Gasteiger partial charge on any atom is -0.508 e. The van der Waals surface area contributed by atoms with Gasteiger partial charge in [-0.1, -0.05) is 0 Å². The van der Waals surface area contributed by atoms with E-state index < -0.39 is 5.82 Å². The number of hydrogen-bond acceptors (Lipinski definition) is 3. The van der Waals surface area contributed by atoms with E-state index in [1.165, 1.54) is 6.07 Å². The van der Waals surface area contributed by atoms with Crippen LogP contribution in [0, 0.1) is 5.82 Å². The summed E-state index contributed by atoms with van der Waals surface area (Å²) in [6.07, 6.45) is 0. The molecule has 17 heavy (non-hydrogen) atoms. The van der Waals surface area contributed by atoms with E-state index in [0.29, 0.717) is 19.7 Å². The number of benzene rings is 1. The van der Waals surface area contributed by atoms with E-state index in [1.807, 2.05) is 20.8 Å². The molecule has 1 aromatic rings. The van der Waals surface area contributed by atoms with Gasteiger partial charge in [-0.3, -0.25) is 0 Å². The van der Waals surface area contributed by atoms with E-state index >= 15 is 0 Å². The zero-order chi connectivity index (χ0) is 12.9. The summed E-state index contributed by atoms with van der Waals surface area (Å²) < 4.78 is 18.5. The molecule has 0 radical (unpaired) electrons. The SMILES string of the molecule is CCOC(C)(C)CNCc1cc(O)cc(F)c1. The largest absolute Gasteiger partial charge is 0.508 e. The fourth-order valence-corrected chi connectivity index (χ4v) is 1.69. The Bertz CT molecular complexity index is 346. The van der Waals surface area contributed by atoms with Crippen molar-refractivity contribution >= 4 is 0 Å². The smallest absolute Gasteiger partial charge is 0.127 e. The van der Waals surface area contributed by atoms with Crippen LogP contribution < -0.4 is 5.32 Å². The molecule has 0 amide bonds. The summed E-state index contributed by atoms with van der Waals surface area (Å²) in [5.74, 6) is -0.475. The normalized spacial score (nSPS) is 11.8. The Morgan fingerprint density at radius 2 is 2.06 bits per heavy atom. The van der Waals surface area contributed by atoms with Gasteiger partial charge in [0.1, 0.15) is 11.6 Å². The van der Waals surface area contributed by atoms with Crippen LogP contribution in [0.15, 0.2) is 18.2 Å². The molecule has 0 aliphatic carbocycles. The lowest BCUT2D eigenvalue weighted by Crippen LogP contribution is -2.37. The van der Waals surface area contributed by atoms with Gasteiger partial charge in [0, 0.05) is 25.8 Å². The molecule has 2 N–H and O–H groups in total. The molecule has 3 nitrogen and oxygen atoms in total. The molecule has 0 spiro atoms. The quantitative estimate of drug-likeness (QED) is 0.803. The average molecular weight is 241 g/mol. The Hall–Kier alpha value is -1.13. The van der Waals surface area contributed by atoms with Crippen LogP contribution >= 0.6 is 0 Å². The second kappa shape index (κ2) is 5.98. The summed E-state index contributed by atoms with van der Waals surface area (Å²) in [5.41, 5.74) is 0.471. The molecule has 0 bridgehead atoms. The number of phenols is 1. The maximum absolute atomic E-state index is 13.0. The van der Waals surface area contributed by atoms with Gasteiger partial charge in [-0.25, -0.2) is 4.39 Å². The van der Waals surface area contributed by atoms with E-state index in [1.54, 1.807) is 6.07 Å². The van der Waals surface area contributed by atoms with Crippen molar-refractivity contribution in [1.82, 2.24) is 5.32 Å². The lowest BCUT2D eigenvalue weighted by atomic mass is 10.1. The van der Waals surface area contributed by atoms with Gasteiger partial charge >= 0.3 is 0 Å². The maximum Gasteiger partial charge on any atom is 0.127 e. The zero-order valence-corrected chi connectivity index (χ0v) is 10.6. The minimum atomic E-state index is -0.425. The van der Waals surface area contributed by atoms with Gasteiger partial charge in [0.25, 0.3) is 0 Å². The standard InChI is InChI=1S/C13H20FNO2/c1-4-17-13(2,3)9-15-8-10-5-11(14)7-12(16)6-10/h5-7,15-16H,4,8-9H2,1-3H3. The highest BCUT2D eigenvalue weighted by molar-refractivity contribution is 5.28. The predicted molar refractivity (Wildman–Crippen MR) is 65.5 cm³/mol. The molecule has 1 rings (SSSR count). The Balaban J connectivity index is 2.45. The van der Waals surface area contributed by atoms with Gasteiger partial charge < -0.3 is 15.2 Å². The molecule has 0 atom stereocenters. The molecule has 0 saturated carbocycles. The maximum atomic E-state index is 13.0. The summed E-state index contributed by atoms with van der Waals surface area (Å²) >= 11 is 0. The number of rotatable bonds is 6. The predicted octanol–water partition coefficient (Wildman–Crippen LogP) is 2.44. The monoisotopic (exact) mass is 241 g/mol. The highest BCUT2D eigenvalue weighted by atomic mass is 19.1. The molecular weight excluding hydrogens is 221 g/mol. The first-order chi connectivity index (χ1) is 7.93. The third-order valence-electron chi connectivity index (χ3n) is 2.36. The molecule has 0 aliphatic heterocycles. The van der Waals surface area contributed by atoms with Gasteiger partial charge in [-0.05, 0) is 38.5 Å². The van der Waals surface area contributed by atoms with Crippen molar-refractivity contribution in [1.29, 1.82) is 0 Å². The van der Waals surface area contributed by atoms with Crippen LogP contribution in [-0.4, -0.2) is 23.9 Å². The molecule has 0 saturated heterocycles. The summed E-state index contributed by atoms with van der Waals surface area (Å²) in [5, 5.41) is 12.4. The van der Waals surface area contributed by atoms with Crippen LogP contribution in [0.5, 0.6) is 5.75 Å². The van der Waals surface area contributed by atoms with Crippen molar-refractivity contribution in [2.45, 2.75) is 32.9 Å². The van der Waals surface area contributed by atoms with Crippen molar-refractivity contribution in [2.24, 2.45) is 0 Å². The number of ether oxygens (including phenoxy) is 1. The second-order valence-corrected chi connectivity index (χ2v) is 4.61. The fraction of sp³-hybridized carbons (Fsp3) is 0.538. The average Bonchev–Trinajstić information content (AvgIpc) is 2.15. The van der Waals surface area contributed by atoms with Crippen molar-refractivity contribution in [3.05, 3.63) is 29.6 Å². The van der Waals surface area contributed by atoms with E-state index in [9.17, 15) is 9.50 Å². The number of nitrogens with one attached hydrogen (secondary N) is 1. The zero-order valence-electron chi connectivity index (χ0n) is 10.6. The van der Waals surface area contributed by atoms with Gasteiger partial charge in [0.15, 0.2) is 0 Å². The van der Waals surface area contributed by atoms with Crippen molar-refractivity contribution in [3.8, 4) is 5.75 Å². The van der Waals surface area contributed by atoms with E-state index in [4.69, 9.17) is 4.74 Å². The van der Waals surface area contributed by atoms with Crippen molar-refractivity contribution in [3.63, 3.8) is 0 Å². The summed E-state index contributed by atoms with van der Waals surface area (Å²) in [6, 6.07) is 4.04. The number of halogens is 1. The highest BCUT2D eigenvalue weighted by Gasteiger charge is 2.16. The lowest BCUT2D eigenvalue weighted by Gasteiger charge is -2.25. The van der Waals surface area contributed by atoms with Crippen LogP contribution in [-0.2, 0) is 11.3 Å². The Labute approximate surface area is 102 Å². The summed E-state index contributed by atoms with van der Waals surface area (Å²) in [6.45, 7) is 7.76. The van der Waals surface area contributed by atoms with Gasteiger partial charge in [0.05, 0.1) is 5.60 Å².